The van der Waals surface area contributed by atoms with Gasteiger partial charge in [-0.25, -0.2) is 9.97 Å². The number of thioether (sulfide) groups is 1. The Bertz CT molecular complexity index is 725. The third-order valence-corrected chi connectivity index (χ3v) is 4.00. The highest BCUT2D eigenvalue weighted by molar-refractivity contribution is 7.98. The lowest BCUT2D eigenvalue weighted by atomic mass is 10.2. The summed E-state index contributed by atoms with van der Waals surface area (Å²) in [6.45, 7) is 0. The molecule has 0 fully saturated rings. The molecule has 2 heterocycles. The van der Waals surface area contributed by atoms with Gasteiger partial charge in [-0.3, -0.25) is 0 Å². The second-order valence-corrected chi connectivity index (χ2v) is 5.80. The fraction of sp³-hybridized carbons (Fsp3) is 0.0667. The van der Waals surface area contributed by atoms with Gasteiger partial charge < -0.3 is 10.2 Å². The number of pyridine rings is 1. The minimum atomic E-state index is 0.590. The maximum atomic E-state index is 5.86. The quantitative estimate of drug-likeness (QED) is 0.728. The van der Waals surface area contributed by atoms with Crippen LogP contribution in [0.5, 0.6) is 0 Å². The first-order chi connectivity index (χ1) is 10.2. The van der Waals surface area contributed by atoms with Gasteiger partial charge in [-0.05, 0) is 36.4 Å². The first kappa shape index (κ1) is 14.0. The lowest BCUT2D eigenvalue weighted by Crippen LogP contribution is -1.87. The molecule has 3 rings (SSSR count). The summed E-state index contributed by atoms with van der Waals surface area (Å²) in [4.78, 5) is 8.69. The molecule has 4 nitrogen and oxygen atoms in total. The SMILES string of the molecule is Nc1ccc(SCc2coc(-c3ccc(Cl)cc3)n2)nc1. The Labute approximate surface area is 131 Å². The highest BCUT2D eigenvalue weighted by atomic mass is 35.5. The summed E-state index contributed by atoms with van der Waals surface area (Å²) in [6, 6.07) is 11.1. The van der Waals surface area contributed by atoms with E-state index in [1.54, 1.807) is 24.2 Å². The lowest BCUT2D eigenvalue weighted by molar-refractivity contribution is 0.573. The Morgan fingerprint density at radius 1 is 1.14 bits per heavy atom. The summed E-state index contributed by atoms with van der Waals surface area (Å²) >= 11 is 7.45. The zero-order valence-corrected chi connectivity index (χ0v) is 12.6. The van der Waals surface area contributed by atoms with Crippen molar-refractivity contribution in [2.45, 2.75) is 10.8 Å². The first-order valence-corrected chi connectivity index (χ1v) is 7.62. The van der Waals surface area contributed by atoms with Crippen LogP contribution in [0.15, 0.2) is 58.3 Å². The number of halogens is 1. The summed E-state index contributed by atoms with van der Waals surface area (Å²) in [5.74, 6) is 1.28. The maximum Gasteiger partial charge on any atom is 0.226 e. The number of benzene rings is 1. The summed E-state index contributed by atoms with van der Waals surface area (Å²) in [5, 5.41) is 1.59. The molecule has 0 amide bonds. The van der Waals surface area contributed by atoms with Crippen LogP contribution in [0.4, 0.5) is 5.69 Å². The van der Waals surface area contributed by atoms with Crippen LogP contribution in [-0.4, -0.2) is 9.97 Å². The molecule has 106 valence electrons. The molecule has 0 saturated heterocycles. The molecular formula is C15H12ClN3OS. The fourth-order valence-corrected chi connectivity index (χ4v) is 2.57. The van der Waals surface area contributed by atoms with Crippen molar-refractivity contribution in [1.29, 1.82) is 0 Å². The Hall–Kier alpha value is -1.98. The number of anilines is 1. The van der Waals surface area contributed by atoms with E-state index in [0.717, 1.165) is 16.3 Å². The first-order valence-electron chi connectivity index (χ1n) is 6.25. The van der Waals surface area contributed by atoms with E-state index in [4.69, 9.17) is 21.8 Å². The number of oxazole rings is 1. The molecule has 0 aliphatic rings. The number of aromatic nitrogens is 2. The van der Waals surface area contributed by atoms with Crippen molar-refractivity contribution in [3.05, 3.63) is 59.6 Å². The average Bonchev–Trinajstić information content (AvgIpc) is 2.96. The van der Waals surface area contributed by atoms with E-state index in [-0.39, 0.29) is 0 Å². The molecule has 1 aromatic carbocycles. The second-order valence-electron chi connectivity index (χ2n) is 4.37. The Morgan fingerprint density at radius 3 is 2.67 bits per heavy atom. The fourth-order valence-electron chi connectivity index (χ4n) is 1.72. The van der Waals surface area contributed by atoms with Crippen molar-refractivity contribution >= 4 is 29.1 Å². The van der Waals surface area contributed by atoms with Gasteiger partial charge >= 0.3 is 0 Å². The van der Waals surface area contributed by atoms with Crippen LogP contribution in [0.3, 0.4) is 0 Å². The highest BCUT2D eigenvalue weighted by Crippen LogP contribution is 2.24. The van der Waals surface area contributed by atoms with E-state index in [9.17, 15) is 0 Å². The van der Waals surface area contributed by atoms with E-state index in [0.29, 0.717) is 22.4 Å². The largest absolute Gasteiger partial charge is 0.444 e. The number of rotatable bonds is 4. The van der Waals surface area contributed by atoms with Crippen molar-refractivity contribution in [3.63, 3.8) is 0 Å². The van der Waals surface area contributed by atoms with E-state index < -0.39 is 0 Å². The number of nitrogen functional groups attached to an aromatic ring is 1. The highest BCUT2D eigenvalue weighted by Gasteiger charge is 2.07. The van der Waals surface area contributed by atoms with Gasteiger partial charge in [0.15, 0.2) is 0 Å². The van der Waals surface area contributed by atoms with E-state index in [1.165, 1.54) is 0 Å². The van der Waals surface area contributed by atoms with Crippen LogP contribution in [0.2, 0.25) is 5.02 Å². The Morgan fingerprint density at radius 2 is 1.95 bits per heavy atom. The molecule has 0 spiro atoms. The zero-order chi connectivity index (χ0) is 14.7. The third-order valence-electron chi connectivity index (χ3n) is 2.77. The molecule has 0 bridgehead atoms. The van der Waals surface area contributed by atoms with Crippen LogP contribution < -0.4 is 5.73 Å². The third kappa shape index (κ3) is 3.56. The minimum Gasteiger partial charge on any atom is -0.444 e. The van der Waals surface area contributed by atoms with Crippen LogP contribution >= 0.6 is 23.4 Å². The van der Waals surface area contributed by atoms with Gasteiger partial charge in [-0.2, -0.15) is 0 Å². The molecule has 21 heavy (non-hydrogen) atoms. The number of hydrogen-bond acceptors (Lipinski definition) is 5. The lowest BCUT2D eigenvalue weighted by Gasteiger charge is -1.98. The van der Waals surface area contributed by atoms with Gasteiger partial charge in [0.1, 0.15) is 6.26 Å². The van der Waals surface area contributed by atoms with Crippen molar-refractivity contribution in [3.8, 4) is 11.5 Å². The zero-order valence-electron chi connectivity index (χ0n) is 11.0. The number of hydrogen-bond donors (Lipinski definition) is 1. The van der Waals surface area contributed by atoms with Gasteiger partial charge in [-0.15, -0.1) is 0 Å². The predicted molar refractivity (Wildman–Crippen MR) is 85.2 cm³/mol. The topological polar surface area (TPSA) is 64.9 Å². The van der Waals surface area contributed by atoms with Crippen molar-refractivity contribution in [2.24, 2.45) is 0 Å². The molecule has 3 aromatic rings. The van der Waals surface area contributed by atoms with Gasteiger partial charge in [0.25, 0.3) is 0 Å². The summed E-state index contributed by atoms with van der Waals surface area (Å²) in [6.07, 6.45) is 3.30. The van der Waals surface area contributed by atoms with Gasteiger partial charge in [-0.1, -0.05) is 23.4 Å². The summed E-state index contributed by atoms with van der Waals surface area (Å²) in [7, 11) is 0. The van der Waals surface area contributed by atoms with Crippen molar-refractivity contribution in [1.82, 2.24) is 9.97 Å². The van der Waals surface area contributed by atoms with Crippen LogP contribution in [0.1, 0.15) is 5.69 Å². The minimum absolute atomic E-state index is 0.590. The molecule has 6 heteroatoms. The normalized spacial score (nSPS) is 10.7. The molecule has 0 atom stereocenters. The van der Waals surface area contributed by atoms with Crippen LogP contribution in [-0.2, 0) is 5.75 Å². The smallest absolute Gasteiger partial charge is 0.226 e. The number of nitrogens with two attached hydrogens (primary N) is 1. The van der Waals surface area contributed by atoms with Crippen molar-refractivity contribution in [2.75, 3.05) is 5.73 Å². The predicted octanol–water partition coefficient (Wildman–Crippen LogP) is 4.26. The molecule has 2 aromatic heterocycles. The van der Waals surface area contributed by atoms with Crippen molar-refractivity contribution < 1.29 is 4.42 Å². The summed E-state index contributed by atoms with van der Waals surface area (Å²) < 4.78 is 5.49. The van der Waals surface area contributed by atoms with Gasteiger partial charge in [0.05, 0.1) is 22.6 Å². The monoisotopic (exact) mass is 317 g/mol. The molecule has 2 N–H and O–H groups in total. The van der Waals surface area contributed by atoms with Crippen LogP contribution in [0, 0.1) is 0 Å². The van der Waals surface area contributed by atoms with Gasteiger partial charge in [0, 0.05) is 16.3 Å². The average molecular weight is 318 g/mol. The van der Waals surface area contributed by atoms with E-state index in [1.807, 2.05) is 36.4 Å². The number of nitrogens with zero attached hydrogens (tertiary/aromatic N) is 2. The molecule has 0 unspecified atom stereocenters. The Balaban J connectivity index is 1.67. The van der Waals surface area contributed by atoms with E-state index in [2.05, 4.69) is 9.97 Å². The maximum absolute atomic E-state index is 5.86. The molecular weight excluding hydrogens is 306 g/mol. The summed E-state index contributed by atoms with van der Waals surface area (Å²) in [5.41, 5.74) is 8.03. The Kier molecular flexibility index (Phi) is 4.13. The van der Waals surface area contributed by atoms with Crippen LogP contribution in [0.25, 0.3) is 11.5 Å². The molecule has 0 saturated carbocycles. The van der Waals surface area contributed by atoms with E-state index >= 15 is 0 Å². The molecule has 0 radical (unpaired) electrons. The second kappa shape index (κ2) is 6.20. The molecule has 0 aliphatic carbocycles. The van der Waals surface area contributed by atoms with Gasteiger partial charge in [0.2, 0.25) is 5.89 Å². The standard InChI is InChI=1S/C15H12ClN3OS/c16-11-3-1-10(2-4-11)15-19-13(8-20-15)9-21-14-6-5-12(17)7-18-14/h1-8H,9,17H2. The molecule has 0 aliphatic heterocycles.